The topological polar surface area (TPSA) is 37.0 Å². The third-order valence-electron chi connectivity index (χ3n) is 1.72. The number of ketones is 1. The molecule has 2 heteroatoms. The molecule has 0 unspecified atom stereocenters. The van der Waals surface area contributed by atoms with Crippen molar-refractivity contribution in [1.29, 1.82) is 0 Å². The molecule has 1 rings (SSSR count). The van der Waals surface area contributed by atoms with Gasteiger partial charge in [0.15, 0.2) is 5.75 Å². The van der Waals surface area contributed by atoms with Crippen LogP contribution in [0.4, 0.5) is 0 Å². The Morgan fingerprint density at radius 1 is 1.25 bits per heavy atom. The van der Waals surface area contributed by atoms with E-state index in [4.69, 9.17) is 0 Å². The van der Waals surface area contributed by atoms with Crippen LogP contribution in [-0.2, 0) is 16.3 Å². The van der Waals surface area contributed by atoms with Crippen LogP contribution in [0, 0.1) is 0 Å². The first kappa shape index (κ1) is 8.78. The number of hydrogen-bond acceptors (Lipinski definition) is 1. The second kappa shape index (κ2) is 3.90. The number of carbonyl (C=O) groups excluding carboxylic acids is 1. The molecule has 0 saturated carbocycles. The average Bonchev–Trinajstić information content (AvgIpc) is 2.09. The first-order chi connectivity index (χ1) is 5.72. The van der Waals surface area contributed by atoms with Crippen molar-refractivity contribution in [1.82, 2.24) is 0 Å². The highest BCUT2D eigenvalue weighted by atomic mass is 16.3. The van der Waals surface area contributed by atoms with Crippen LogP contribution in [0.5, 0.6) is 5.75 Å². The van der Waals surface area contributed by atoms with E-state index < -0.39 is 0 Å². The minimum absolute atomic E-state index is 0.0114. The lowest BCUT2D eigenvalue weighted by atomic mass is 10.1. The van der Waals surface area contributed by atoms with Crippen LogP contribution in [0.1, 0.15) is 18.9 Å². The van der Waals surface area contributed by atoms with Crippen LogP contribution >= 0.6 is 0 Å². The summed E-state index contributed by atoms with van der Waals surface area (Å²) in [4.78, 5) is 11.0. The quantitative estimate of drug-likeness (QED) is 0.673. The van der Waals surface area contributed by atoms with Crippen molar-refractivity contribution in [2.75, 3.05) is 0 Å². The first-order valence-electron chi connectivity index (χ1n) is 4.00. The zero-order valence-electron chi connectivity index (χ0n) is 7.04. The highest BCUT2D eigenvalue weighted by molar-refractivity contribution is 5.80. The summed E-state index contributed by atoms with van der Waals surface area (Å²) in [6.45, 7) is 1.84. The second-order valence-corrected chi connectivity index (χ2v) is 2.71. The molecule has 12 heavy (non-hydrogen) atoms. The summed E-state index contributed by atoms with van der Waals surface area (Å²) in [6, 6.07) is 6.38. The molecule has 0 amide bonds. The van der Waals surface area contributed by atoms with Crippen LogP contribution in [-0.4, -0.2) is 5.78 Å². The fraction of sp³-hybridized carbons (Fsp3) is 0.300. The molecule has 0 atom stereocenters. The highest BCUT2D eigenvalue weighted by Gasteiger charge is 2.00. The van der Waals surface area contributed by atoms with Crippen LogP contribution in [0.25, 0.3) is 0 Å². The van der Waals surface area contributed by atoms with E-state index >= 15 is 0 Å². The molecule has 0 aromatic heterocycles. The standard InChI is InChI=1S/C10H11O2/c1-2-9(11)7-8-3-5-10(12)6-4-8/h3-6H,2,7H2,1H3. The van der Waals surface area contributed by atoms with Crippen LogP contribution < -0.4 is 0 Å². The van der Waals surface area contributed by atoms with Crippen molar-refractivity contribution in [3.05, 3.63) is 29.8 Å². The van der Waals surface area contributed by atoms with Crippen LogP contribution in [0.15, 0.2) is 24.3 Å². The van der Waals surface area contributed by atoms with Crippen molar-refractivity contribution in [2.45, 2.75) is 19.8 Å². The van der Waals surface area contributed by atoms with Gasteiger partial charge in [0.2, 0.25) is 0 Å². The normalized spacial score (nSPS) is 9.75. The average molecular weight is 163 g/mol. The summed E-state index contributed by atoms with van der Waals surface area (Å²) in [5.41, 5.74) is 0.918. The number of rotatable bonds is 3. The van der Waals surface area contributed by atoms with Gasteiger partial charge in [0, 0.05) is 12.8 Å². The zero-order chi connectivity index (χ0) is 8.97. The van der Waals surface area contributed by atoms with Gasteiger partial charge in [-0.25, -0.2) is 0 Å². The summed E-state index contributed by atoms with van der Waals surface area (Å²) in [5, 5.41) is 10.7. The Hall–Kier alpha value is -1.31. The van der Waals surface area contributed by atoms with Gasteiger partial charge in [0.05, 0.1) is 0 Å². The van der Waals surface area contributed by atoms with Gasteiger partial charge < -0.3 is 0 Å². The van der Waals surface area contributed by atoms with Crippen LogP contribution in [0.3, 0.4) is 0 Å². The molecular weight excluding hydrogens is 152 g/mol. The first-order valence-corrected chi connectivity index (χ1v) is 4.00. The van der Waals surface area contributed by atoms with E-state index in [9.17, 15) is 9.90 Å². The van der Waals surface area contributed by atoms with Gasteiger partial charge in [0.1, 0.15) is 5.78 Å². The fourth-order valence-corrected chi connectivity index (χ4v) is 0.960. The van der Waals surface area contributed by atoms with Gasteiger partial charge in [-0.15, -0.1) is 0 Å². The number of benzene rings is 1. The Morgan fingerprint density at radius 2 is 1.83 bits per heavy atom. The Bertz CT molecular complexity index is 262. The van der Waals surface area contributed by atoms with E-state index in [-0.39, 0.29) is 11.5 Å². The van der Waals surface area contributed by atoms with E-state index in [1.807, 2.05) is 6.92 Å². The minimum Gasteiger partial charge on any atom is -0.299 e. The molecule has 1 radical (unpaired) electrons. The lowest BCUT2D eigenvalue weighted by molar-refractivity contribution is -0.118. The summed E-state index contributed by atoms with van der Waals surface area (Å²) in [5.74, 6) is 0.191. The number of hydrogen-bond donors (Lipinski definition) is 0. The zero-order valence-corrected chi connectivity index (χ0v) is 7.04. The van der Waals surface area contributed by atoms with E-state index in [1.165, 1.54) is 12.1 Å². The molecule has 2 nitrogen and oxygen atoms in total. The van der Waals surface area contributed by atoms with Crippen molar-refractivity contribution in [2.24, 2.45) is 0 Å². The monoisotopic (exact) mass is 163 g/mol. The lowest BCUT2D eigenvalue weighted by Crippen LogP contribution is -1.99. The molecule has 1 aromatic rings. The molecule has 63 valence electrons. The van der Waals surface area contributed by atoms with E-state index in [0.29, 0.717) is 12.8 Å². The third kappa shape index (κ3) is 2.38. The largest absolute Gasteiger partial charge is 0.299 e. The van der Waals surface area contributed by atoms with E-state index in [2.05, 4.69) is 0 Å². The molecule has 0 heterocycles. The second-order valence-electron chi connectivity index (χ2n) is 2.71. The number of Topliss-reactive ketones (excluding diaryl/α,β-unsaturated/α-hetero) is 1. The fourth-order valence-electron chi connectivity index (χ4n) is 0.960. The lowest BCUT2D eigenvalue weighted by Gasteiger charge is -1.97. The predicted molar refractivity (Wildman–Crippen MR) is 45.6 cm³/mol. The SMILES string of the molecule is CCC(=O)Cc1ccc([O])cc1. The van der Waals surface area contributed by atoms with E-state index in [0.717, 1.165) is 5.56 Å². The maximum Gasteiger partial charge on any atom is 0.178 e. The Labute approximate surface area is 71.8 Å². The van der Waals surface area contributed by atoms with Gasteiger partial charge in [0.25, 0.3) is 0 Å². The summed E-state index contributed by atoms with van der Waals surface area (Å²) < 4.78 is 0. The van der Waals surface area contributed by atoms with Gasteiger partial charge >= 0.3 is 0 Å². The third-order valence-corrected chi connectivity index (χ3v) is 1.72. The van der Waals surface area contributed by atoms with Crippen LogP contribution in [0.2, 0.25) is 0 Å². The molecule has 0 bridgehead atoms. The molecule has 0 spiro atoms. The Morgan fingerprint density at radius 3 is 2.33 bits per heavy atom. The summed E-state index contributed by atoms with van der Waals surface area (Å²) >= 11 is 0. The smallest absolute Gasteiger partial charge is 0.178 e. The summed E-state index contributed by atoms with van der Waals surface area (Å²) in [7, 11) is 0. The van der Waals surface area contributed by atoms with Crippen molar-refractivity contribution >= 4 is 5.78 Å². The predicted octanol–water partition coefficient (Wildman–Crippen LogP) is 2.35. The Balaban J connectivity index is 2.64. The maximum absolute atomic E-state index is 11.0. The van der Waals surface area contributed by atoms with E-state index in [1.54, 1.807) is 12.1 Å². The van der Waals surface area contributed by atoms with Gasteiger partial charge in [-0.1, -0.05) is 19.1 Å². The Kier molecular flexibility index (Phi) is 2.86. The minimum atomic E-state index is -0.0114. The van der Waals surface area contributed by atoms with Crippen molar-refractivity contribution in [3.63, 3.8) is 0 Å². The molecule has 0 aliphatic heterocycles. The molecule has 0 N–H and O–H groups in total. The van der Waals surface area contributed by atoms with Gasteiger partial charge in [-0.2, -0.15) is 0 Å². The molecule has 1 aromatic carbocycles. The highest BCUT2D eigenvalue weighted by Crippen LogP contribution is 2.11. The maximum atomic E-state index is 11.0. The number of carbonyl (C=O) groups is 1. The molecule has 0 fully saturated rings. The van der Waals surface area contributed by atoms with Crippen molar-refractivity contribution in [3.8, 4) is 5.75 Å². The summed E-state index contributed by atoms with van der Waals surface area (Å²) in [6.07, 6.45) is 0.996. The van der Waals surface area contributed by atoms with Crippen molar-refractivity contribution < 1.29 is 9.90 Å². The molecular formula is C10H11O2. The van der Waals surface area contributed by atoms with Gasteiger partial charge in [-0.3, -0.25) is 9.90 Å². The molecule has 0 aliphatic carbocycles. The molecule has 0 aliphatic rings. The van der Waals surface area contributed by atoms with Gasteiger partial charge in [-0.05, 0) is 17.7 Å². The molecule has 0 saturated heterocycles.